The van der Waals surface area contributed by atoms with Crippen LogP contribution in [0.25, 0.3) is 0 Å². The highest BCUT2D eigenvalue weighted by molar-refractivity contribution is 6.04. The highest BCUT2D eigenvalue weighted by Crippen LogP contribution is 2.26. The van der Waals surface area contributed by atoms with Gasteiger partial charge in [0.15, 0.2) is 0 Å². The minimum Gasteiger partial charge on any atom is -0.330 e. The summed E-state index contributed by atoms with van der Waals surface area (Å²) in [5, 5.41) is 2.88. The highest BCUT2D eigenvalue weighted by atomic mass is 19.1. The number of nitrogens with one attached hydrogen (secondary N) is 1. The maximum absolute atomic E-state index is 13.8. The zero-order valence-electron chi connectivity index (χ0n) is 18.4. The molecule has 3 aromatic carbocycles. The molecule has 0 saturated heterocycles. The topological polar surface area (TPSA) is 75.4 Å². The Bertz CT molecular complexity index is 1100. The molecule has 2 atom stereocenters. The maximum Gasteiger partial charge on any atom is 0.255 e. The van der Waals surface area contributed by atoms with E-state index >= 15 is 0 Å². The number of hydrogen-bond donors (Lipinski definition) is 2. The Labute approximate surface area is 193 Å². The van der Waals surface area contributed by atoms with Crippen molar-refractivity contribution >= 4 is 17.5 Å². The number of hydrogen-bond acceptors (Lipinski definition) is 3. The highest BCUT2D eigenvalue weighted by Gasteiger charge is 2.31. The summed E-state index contributed by atoms with van der Waals surface area (Å²) in [6.45, 7) is 0.362. The van der Waals surface area contributed by atoms with E-state index in [1.165, 1.54) is 12.1 Å². The standard InChI is InChI=1S/C27H28FN3O2/c28-22-10-6-9-21(17-22)27(33)31(25-12-5-4-11-24(25)29)18-19-13-15-23(16-14-19)30-26(32)20-7-2-1-3-8-20/h1-3,6-10,13-17,24-25H,4-5,11-12,18,29H2,(H,30,32). The predicted molar refractivity (Wildman–Crippen MR) is 127 cm³/mol. The first-order valence-electron chi connectivity index (χ1n) is 11.3. The van der Waals surface area contributed by atoms with Crippen LogP contribution in [0.2, 0.25) is 0 Å². The first kappa shape index (κ1) is 22.7. The summed E-state index contributed by atoms with van der Waals surface area (Å²) in [5.74, 6) is -0.843. The summed E-state index contributed by atoms with van der Waals surface area (Å²) in [6, 6.07) is 22.0. The molecule has 5 nitrogen and oxygen atoms in total. The molecule has 2 amide bonds. The Balaban J connectivity index is 1.52. The maximum atomic E-state index is 13.8. The van der Waals surface area contributed by atoms with Crippen molar-refractivity contribution < 1.29 is 14.0 Å². The van der Waals surface area contributed by atoms with Crippen molar-refractivity contribution in [2.75, 3.05) is 5.32 Å². The number of nitrogens with two attached hydrogens (primary N) is 1. The van der Waals surface area contributed by atoms with Crippen molar-refractivity contribution in [1.29, 1.82) is 0 Å². The predicted octanol–water partition coefficient (Wildman–Crippen LogP) is 4.99. The molecule has 1 saturated carbocycles. The molecule has 0 bridgehead atoms. The van der Waals surface area contributed by atoms with Gasteiger partial charge in [0.05, 0.1) is 0 Å². The van der Waals surface area contributed by atoms with Crippen LogP contribution in [0.5, 0.6) is 0 Å². The molecule has 1 fully saturated rings. The molecule has 0 spiro atoms. The first-order chi connectivity index (χ1) is 16.0. The lowest BCUT2D eigenvalue weighted by Crippen LogP contribution is -2.51. The summed E-state index contributed by atoms with van der Waals surface area (Å²) < 4.78 is 13.8. The zero-order valence-corrected chi connectivity index (χ0v) is 18.4. The Hall–Kier alpha value is -3.51. The van der Waals surface area contributed by atoms with Crippen LogP contribution in [0.1, 0.15) is 52.0 Å². The van der Waals surface area contributed by atoms with Gasteiger partial charge in [0, 0.05) is 35.4 Å². The monoisotopic (exact) mass is 445 g/mol. The quantitative estimate of drug-likeness (QED) is 0.561. The van der Waals surface area contributed by atoms with Gasteiger partial charge in [-0.3, -0.25) is 9.59 Å². The average molecular weight is 446 g/mol. The van der Waals surface area contributed by atoms with Crippen LogP contribution in [0, 0.1) is 5.82 Å². The van der Waals surface area contributed by atoms with E-state index in [9.17, 15) is 14.0 Å². The smallest absolute Gasteiger partial charge is 0.255 e. The van der Waals surface area contributed by atoms with Gasteiger partial charge in [-0.25, -0.2) is 4.39 Å². The van der Waals surface area contributed by atoms with Crippen LogP contribution in [0.3, 0.4) is 0 Å². The van der Waals surface area contributed by atoms with Crippen LogP contribution in [0.15, 0.2) is 78.9 Å². The normalized spacial score (nSPS) is 17.9. The summed E-state index contributed by atoms with van der Waals surface area (Å²) in [5.41, 5.74) is 8.88. The number of amides is 2. The van der Waals surface area contributed by atoms with Gasteiger partial charge in [-0.05, 0) is 60.9 Å². The van der Waals surface area contributed by atoms with Crippen molar-refractivity contribution in [2.24, 2.45) is 5.73 Å². The third-order valence-corrected chi connectivity index (χ3v) is 6.12. The van der Waals surface area contributed by atoms with E-state index in [-0.39, 0.29) is 23.9 Å². The second-order valence-electron chi connectivity index (χ2n) is 8.48. The van der Waals surface area contributed by atoms with Gasteiger partial charge in [-0.15, -0.1) is 0 Å². The Morgan fingerprint density at radius 2 is 1.61 bits per heavy atom. The second-order valence-corrected chi connectivity index (χ2v) is 8.48. The molecule has 0 radical (unpaired) electrons. The van der Waals surface area contributed by atoms with Gasteiger partial charge in [-0.2, -0.15) is 0 Å². The van der Waals surface area contributed by atoms with E-state index in [0.717, 1.165) is 31.2 Å². The van der Waals surface area contributed by atoms with E-state index in [4.69, 9.17) is 5.73 Å². The molecule has 33 heavy (non-hydrogen) atoms. The second kappa shape index (κ2) is 10.4. The minimum atomic E-state index is -0.438. The Kier molecular flexibility index (Phi) is 7.15. The zero-order chi connectivity index (χ0) is 23.2. The van der Waals surface area contributed by atoms with E-state index in [1.807, 2.05) is 42.5 Å². The fourth-order valence-corrected chi connectivity index (χ4v) is 4.34. The van der Waals surface area contributed by atoms with Crippen LogP contribution in [-0.2, 0) is 6.54 Å². The van der Waals surface area contributed by atoms with Crippen LogP contribution < -0.4 is 11.1 Å². The number of halogens is 1. The van der Waals surface area contributed by atoms with E-state index in [2.05, 4.69) is 5.32 Å². The van der Waals surface area contributed by atoms with Gasteiger partial charge >= 0.3 is 0 Å². The van der Waals surface area contributed by atoms with E-state index in [0.29, 0.717) is 23.4 Å². The summed E-state index contributed by atoms with van der Waals surface area (Å²) in [7, 11) is 0. The van der Waals surface area contributed by atoms with Crippen LogP contribution in [0.4, 0.5) is 10.1 Å². The summed E-state index contributed by atoms with van der Waals surface area (Å²) in [6.07, 6.45) is 3.75. The molecule has 0 heterocycles. The van der Waals surface area contributed by atoms with Crippen LogP contribution in [-0.4, -0.2) is 28.8 Å². The molecule has 0 aromatic heterocycles. The largest absolute Gasteiger partial charge is 0.330 e. The Morgan fingerprint density at radius 3 is 2.30 bits per heavy atom. The summed E-state index contributed by atoms with van der Waals surface area (Å²) >= 11 is 0. The third-order valence-electron chi connectivity index (χ3n) is 6.12. The first-order valence-corrected chi connectivity index (χ1v) is 11.3. The minimum absolute atomic E-state index is 0.105. The molecule has 170 valence electrons. The molecule has 0 aliphatic heterocycles. The van der Waals surface area contributed by atoms with Crippen LogP contribution >= 0.6 is 0 Å². The molecule has 2 unspecified atom stereocenters. The number of carbonyl (C=O) groups excluding carboxylic acids is 2. The molecule has 1 aliphatic carbocycles. The number of benzene rings is 3. The van der Waals surface area contributed by atoms with Gasteiger partial charge < -0.3 is 16.0 Å². The van der Waals surface area contributed by atoms with Crippen molar-refractivity contribution in [3.8, 4) is 0 Å². The number of carbonyl (C=O) groups is 2. The number of rotatable bonds is 6. The van der Waals surface area contributed by atoms with Gasteiger partial charge in [0.2, 0.25) is 0 Å². The fourth-order valence-electron chi connectivity index (χ4n) is 4.34. The molecular weight excluding hydrogens is 417 g/mol. The van der Waals surface area contributed by atoms with Crippen molar-refractivity contribution in [1.82, 2.24) is 4.90 Å². The molecule has 3 N–H and O–H groups in total. The molecule has 3 aromatic rings. The third kappa shape index (κ3) is 5.65. The van der Waals surface area contributed by atoms with Gasteiger partial charge in [0.1, 0.15) is 5.82 Å². The van der Waals surface area contributed by atoms with E-state index in [1.54, 1.807) is 29.2 Å². The SMILES string of the molecule is NC1CCCCC1N(Cc1ccc(NC(=O)c2ccccc2)cc1)C(=O)c1cccc(F)c1. The lowest BCUT2D eigenvalue weighted by molar-refractivity contribution is 0.0583. The number of nitrogens with zero attached hydrogens (tertiary/aromatic N) is 1. The molecule has 4 rings (SSSR count). The average Bonchev–Trinajstić information content (AvgIpc) is 2.84. The molecule has 6 heteroatoms. The van der Waals surface area contributed by atoms with Crippen molar-refractivity contribution in [3.63, 3.8) is 0 Å². The number of anilines is 1. The Morgan fingerprint density at radius 1 is 0.909 bits per heavy atom. The summed E-state index contributed by atoms with van der Waals surface area (Å²) in [4.78, 5) is 27.5. The molecule has 1 aliphatic rings. The van der Waals surface area contributed by atoms with Crippen molar-refractivity contribution in [3.05, 3.63) is 101 Å². The lowest BCUT2D eigenvalue weighted by atomic mass is 9.89. The lowest BCUT2D eigenvalue weighted by Gasteiger charge is -2.38. The fraction of sp³-hybridized carbons (Fsp3) is 0.259. The molecular formula is C27H28FN3O2. The van der Waals surface area contributed by atoms with Gasteiger partial charge in [0.25, 0.3) is 11.8 Å². The van der Waals surface area contributed by atoms with Crippen molar-refractivity contribution in [2.45, 2.75) is 44.3 Å². The van der Waals surface area contributed by atoms with E-state index < -0.39 is 5.82 Å². The van der Waals surface area contributed by atoms with Gasteiger partial charge in [-0.1, -0.05) is 49.2 Å².